The second kappa shape index (κ2) is 12.4. The smallest absolute Gasteiger partial charge is 0.0560 e. The van der Waals surface area contributed by atoms with Crippen molar-refractivity contribution in [1.82, 2.24) is 4.57 Å². The van der Waals surface area contributed by atoms with E-state index >= 15 is 0 Å². The summed E-state index contributed by atoms with van der Waals surface area (Å²) in [6, 6.07) is 60.8. The third-order valence-electron chi connectivity index (χ3n) is 11.5. The fourth-order valence-electron chi connectivity index (χ4n) is 8.84. The highest BCUT2D eigenvalue weighted by molar-refractivity contribution is 6.09. The minimum absolute atomic E-state index is 0.0923. The molecule has 0 N–H and O–H groups in total. The molecule has 2 aliphatic carbocycles. The van der Waals surface area contributed by atoms with Crippen molar-refractivity contribution in [3.63, 3.8) is 0 Å². The Balaban J connectivity index is 1.10. The Morgan fingerprint density at radius 2 is 1.15 bits per heavy atom. The maximum absolute atomic E-state index is 2.51. The highest BCUT2D eigenvalue weighted by Crippen LogP contribution is 2.51. The van der Waals surface area contributed by atoms with Gasteiger partial charge >= 0.3 is 0 Å². The quantitative estimate of drug-likeness (QED) is 0.170. The molecule has 0 amide bonds. The van der Waals surface area contributed by atoms with E-state index in [9.17, 15) is 0 Å². The lowest BCUT2D eigenvalue weighted by Crippen LogP contribution is -2.16. The topological polar surface area (TPSA) is 8.17 Å². The minimum atomic E-state index is -0.0923. The number of allylic oxidation sites excluding steroid dienone is 4. The van der Waals surface area contributed by atoms with Gasteiger partial charge in [0.25, 0.3) is 0 Å². The predicted molar refractivity (Wildman–Crippen MR) is 224 cm³/mol. The van der Waals surface area contributed by atoms with Crippen LogP contribution in [0.5, 0.6) is 0 Å². The van der Waals surface area contributed by atoms with Crippen LogP contribution in [0.15, 0.2) is 188 Å². The Kier molecular flexibility index (Phi) is 7.33. The average molecular weight is 681 g/mol. The number of hydrogen-bond donors (Lipinski definition) is 0. The second-order valence-electron chi connectivity index (χ2n) is 14.9. The first-order valence-corrected chi connectivity index (χ1v) is 18.7. The van der Waals surface area contributed by atoms with Crippen molar-refractivity contribution in [1.29, 1.82) is 0 Å². The van der Waals surface area contributed by atoms with Crippen molar-refractivity contribution in [3.05, 3.63) is 199 Å². The van der Waals surface area contributed by atoms with Crippen LogP contribution in [0.3, 0.4) is 0 Å². The molecule has 0 bridgehead atoms. The molecule has 0 fully saturated rings. The largest absolute Gasteiger partial charge is 0.333 e. The van der Waals surface area contributed by atoms with Crippen LogP contribution in [-0.4, -0.2) is 4.57 Å². The number of benzene rings is 7. The van der Waals surface area contributed by atoms with E-state index in [0.29, 0.717) is 6.04 Å². The third kappa shape index (κ3) is 5.17. The van der Waals surface area contributed by atoms with Crippen molar-refractivity contribution < 1.29 is 0 Å². The van der Waals surface area contributed by atoms with Gasteiger partial charge in [-0.3, -0.25) is 0 Å². The number of anilines is 3. The Morgan fingerprint density at radius 3 is 2.00 bits per heavy atom. The molecule has 0 spiro atoms. The first kappa shape index (κ1) is 31.4. The molecule has 1 unspecified atom stereocenters. The zero-order chi connectivity index (χ0) is 35.5. The summed E-state index contributed by atoms with van der Waals surface area (Å²) in [5.74, 6) is 0. The van der Waals surface area contributed by atoms with Gasteiger partial charge in [0.05, 0.1) is 6.04 Å². The number of hydrogen-bond acceptors (Lipinski definition) is 1. The van der Waals surface area contributed by atoms with Gasteiger partial charge in [0.2, 0.25) is 0 Å². The lowest BCUT2D eigenvalue weighted by Gasteiger charge is -2.28. The number of nitrogens with zero attached hydrogens (tertiary/aromatic N) is 2. The van der Waals surface area contributed by atoms with E-state index in [1.165, 1.54) is 66.3 Å². The maximum atomic E-state index is 2.51. The van der Waals surface area contributed by atoms with Crippen LogP contribution in [0.25, 0.3) is 55.2 Å². The van der Waals surface area contributed by atoms with Gasteiger partial charge in [0, 0.05) is 44.3 Å². The summed E-state index contributed by atoms with van der Waals surface area (Å²) in [6.07, 6.45) is 9.92. The number of rotatable bonds is 6. The lowest BCUT2D eigenvalue weighted by atomic mass is 9.82. The van der Waals surface area contributed by atoms with Crippen molar-refractivity contribution in [2.24, 2.45) is 0 Å². The zero-order valence-electron chi connectivity index (χ0n) is 30.1. The van der Waals surface area contributed by atoms with E-state index in [1.54, 1.807) is 0 Å². The first-order valence-electron chi connectivity index (χ1n) is 18.7. The van der Waals surface area contributed by atoms with Gasteiger partial charge in [-0.05, 0) is 106 Å². The van der Waals surface area contributed by atoms with E-state index in [4.69, 9.17) is 0 Å². The van der Waals surface area contributed by atoms with Crippen molar-refractivity contribution in [2.45, 2.75) is 31.7 Å². The number of aromatic nitrogens is 1. The molecule has 1 heterocycles. The lowest BCUT2D eigenvalue weighted by molar-refractivity contribution is 0.648. The SMILES string of the molecule is CC1(C)c2ccccc2-c2ccc(N(c3ccc(-c4ccccc4)cc3)c3cccc(-c4ccc5c(c4)c4ccccc4n5C4C=CC=CC4)c3)cc21. The van der Waals surface area contributed by atoms with Crippen LogP contribution in [0.1, 0.15) is 37.4 Å². The van der Waals surface area contributed by atoms with Crippen LogP contribution in [0.4, 0.5) is 17.1 Å². The molecule has 0 aliphatic heterocycles. The normalized spacial score (nSPS) is 15.5. The van der Waals surface area contributed by atoms with Crippen LogP contribution in [0, 0.1) is 0 Å². The molecule has 1 atom stereocenters. The molecule has 0 saturated carbocycles. The molecule has 7 aromatic carbocycles. The molecule has 0 saturated heterocycles. The van der Waals surface area contributed by atoms with Gasteiger partial charge in [-0.1, -0.05) is 147 Å². The first-order chi connectivity index (χ1) is 26.0. The highest BCUT2D eigenvalue weighted by atomic mass is 15.1. The van der Waals surface area contributed by atoms with Crippen LogP contribution >= 0.6 is 0 Å². The molecule has 10 rings (SSSR count). The third-order valence-corrected chi connectivity index (χ3v) is 11.5. The molecule has 254 valence electrons. The maximum Gasteiger partial charge on any atom is 0.0560 e. The van der Waals surface area contributed by atoms with Crippen molar-refractivity contribution in [2.75, 3.05) is 4.90 Å². The van der Waals surface area contributed by atoms with Gasteiger partial charge in [-0.25, -0.2) is 0 Å². The molecule has 1 aromatic heterocycles. The highest BCUT2D eigenvalue weighted by Gasteiger charge is 2.35. The summed E-state index contributed by atoms with van der Waals surface area (Å²) in [5, 5.41) is 2.59. The Morgan fingerprint density at radius 1 is 0.491 bits per heavy atom. The Hall–Kier alpha value is -6.38. The molecule has 53 heavy (non-hydrogen) atoms. The fraction of sp³-hybridized carbons (Fsp3) is 0.0980. The van der Waals surface area contributed by atoms with Gasteiger partial charge in [-0.15, -0.1) is 0 Å². The van der Waals surface area contributed by atoms with E-state index in [2.05, 4.69) is 211 Å². The number of para-hydroxylation sites is 1. The predicted octanol–water partition coefficient (Wildman–Crippen LogP) is 14.0. The average Bonchev–Trinajstić information content (AvgIpc) is 3.67. The van der Waals surface area contributed by atoms with Gasteiger partial charge in [0.1, 0.15) is 0 Å². The van der Waals surface area contributed by atoms with E-state index in [1.807, 2.05) is 0 Å². The summed E-state index contributed by atoms with van der Waals surface area (Å²) in [5.41, 5.74) is 16.1. The summed E-state index contributed by atoms with van der Waals surface area (Å²) in [4.78, 5) is 2.42. The van der Waals surface area contributed by atoms with Crippen molar-refractivity contribution >= 4 is 38.9 Å². The van der Waals surface area contributed by atoms with E-state index < -0.39 is 0 Å². The fourth-order valence-corrected chi connectivity index (χ4v) is 8.84. The molecule has 2 heteroatoms. The summed E-state index contributed by atoms with van der Waals surface area (Å²) in [6.45, 7) is 4.71. The summed E-state index contributed by atoms with van der Waals surface area (Å²) in [7, 11) is 0. The van der Waals surface area contributed by atoms with Crippen LogP contribution in [0.2, 0.25) is 0 Å². The standard InChI is InChI=1S/C51H40N2/c1-51(2)47-22-11-9-20-43(47)44-30-29-42(34-48(44)51)52(40-27-24-36(25-28-40)35-14-5-3-6-15-35)41-19-13-16-37(32-41)38-26-31-50-46(33-38)45-21-10-12-23-49(45)53(50)39-17-7-4-8-18-39/h3-17,19-34,39H,18H2,1-2H3. The molecular weight excluding hydrogens is 641 g/mol. The molecule has 2 aliphatic rings. The monoisotopic (exact) mass is 680 g/mol. The minimum Gasteiger partial charge on any atom is -0.333 e. The molecule has 2 nitrogen and oxygen atoms in total. The molecular formula is C51H40N2. The number of fused-ring (bicyclic) bond motifs is 6. The van der Waals surface area contributed by atoms with Crippen LogP contribution in [-0.2, 0) is 5.41 Å². The zero-order valence-corrected chi connectivity index (χ0v) is 30.1. The van der Waals surface area contributed by atoms with E-state index in [-0.39, 0.29) is 5.41 Å². The molecule has 8 aromatic rings. The van der Waals surface area contributed by atoms with Gasteiger partial charge < -0.3 is 9.47 Å². The van der Waals surface area contributed by atoms with Gasteiger partial charge in [-0.2, -0.15) is 0 Å². The van der Waals surface area contributed by atoms with Crippen LogP contribution < -0.4 is 4.90 Å². The summed E-state index contributed by atoms with van der Waals surface area (Å²) >= 11 is 0. The van der Waals surface area contributed by atoms with Gasteiger partial charge in [0.15, 0.2) is 0 Å². The Bertz CT molecular complexity index is 2730. The summed E-state index contributed by atoms with van der Waals surface area (Å²) < 4.78 is 2.51. The Labute approximate surface area is 311 Å². The second-order valence-corrected chi connectivity index (χ2v) is 14.9. The van der Waals surface area contributed by atoms with E-state index in [0.717, 1.165) is 23.5 Å². The van der Waals surface area contributed by atoms with Crippen molar-refractivity contribution in [3.8, 4) is 33.4 Å². The molecule has 0 radical (unpaired) electrons.